The van der Waals surface area contributed by atoms with E-state index in [4.69, 9.17) is 9.47 Å². The predicted octanol–water partition coefficient (Wildman–Crippen LogP) is 2.17. The van der Waals surface area contributed by atoms with Gasteiger partial charge in [-0.05, 0) is 28.1 Å². The Balaban J connectivity index is 3.41. The molecule has 0 saturated heterocycles. The van der Waals surface area contributed by atoms with Gasteiger partial charge >= 0.3 is 11.9 Å². The third-order valence-corrected chi connectivity index (χ3v) is 2.59. The molecule has 0 saturated carbocycles. The van der Waals surface area contributed by atoms with Crippen LogP contribution in [0.4, 0.5) is 0 Å². The number of carbonyl (C=O) groups is 2. The van der Waals surface area contributed by atoms with Crippen molar-refractivity contribution in [1.29, 1.82) is 0 Å². The molecule has 0 atom stereocenters. The number of ether oxygens (including phenoxy) is 3. The van der Waals surface area contributed by atoms with E-state index < -0.39 is 11.9 Å². The van der Waals surface area contributed by atoms with Crippen molar-refractivity contribution in [3.05, 3.63) is 22.2 Å². The minimum Gasteiger partial charge on any atom is -0.493 e. The quantitative estimate of drug-likeness (QED) is 0.632. The molecule has 0 heterocycles. The van der Waals surface area contributed by atoms with Crippen molar-refractivity contribution in [2.45, 2.75) is 6.92 Å². The summed E-state index contributed by atoms with van der Waals surface area (Å²) in [7, 11) is 2.66. The Morgan fingerprint density at radius 1 is 1.24 bits per heavy atom. The molecule has 0 bridgehead atoms. The standard InChI is InChI=1S/C11H11BrO5/c1-6(13)17-10-8(15-2)5-4-7(12)9(10)11(14)16-3/h4-5H,1-3H3. The lowest BCUT2D eigenvalue weighted by molar-refractivity contribution is -0.132. The molecule has 0 spiro atoms. The van der Waals surface area contributed by atoms with Gasteiger partial charge < -0.3 is 14.2 Å². The first-order valence-electron chi connectivity index (χ1n) is 4.64. The second-order valence-electron chi connectivity index (χ2n) is 3.04. The maximum Gasteiger partial charge on any atom is 0.342 e. The first kappa shape index (κ1) is 13.5. The lowest BCUT2D eigenvalue weighted by atomic mass is 10.2. The van der Waals surface area contributed by atoms with Gasteiger partial charge in [0.2, 0.25) is 0 Å². The number of benzene rings is 1. The molecule has 0 aliphatic heterocycles. The lowest BCUT2D eigenvalue weighted by Gasteiger charge is -2.13. The van der Waals surface area contributed by atoms with Crippen molar-refractivity contribution in [3.63, 3.8) is 0 Å². The van der Waals surface area contributed by atoms with Gasteiger partial charge in [-0.2, -0.15) is 0 Å². The highest BCUT2D eigenvalue weighted by atomic mass is 79.9. The molecule has 0 aliphatic rings. The fraction of sp³-hybridized carbons (Fsp3) is 0.273. The van der Waals surface area contributed by atoms with Crippen LogP contribution in [-0.2, 0) is 9.53 Å². The number of hydrogen-bond acceptors (Lipinski definition) is 5. The van der Waals surface area contributed by atoms with Crippen LogP contribution in [0.3, 0.4) is 0 Å². The van der Waals surface area contributed by atoms with Crippen LogP contribution in [0, 0.1) is 0 Å². The summed E-state index contributed by atoms with van der Waals surface area (Å²) in [6, 6.07) is 3.19. The van der Waals surface area contributed by atoms with Crippen LogP contribution in [0.15, 0.2) is 16.6 Å². The summed E-state index contributed by atoms with van der Waals surface area (Å²) in [5.41, 5.74) is 0.113. The Labute approximate surface area is 107 Å². The molecule has 0 aliphatic carbocycles. The van der Waals surface area contributed by atoms with Crippen LogP contribution in [0.1, 0.15) is 17.3 Å². The minimum absolute atomic E-state index is 0.0428. The molecule has 0 amide bonds. The molecule has 1 rings (SSSR count). The van der Waals surface area contributed by atoms with Crippen molar-refractivity contribution < 1.29 is 23.8 Å². The summed E-state index contributed by atoms with van der Waals surface area (Å²) >= 11 is 3.19. The van der Waals surface area contributed by atoms with Gasteiger partial charge in [-0.15, -0.1) is 0 Å². The third kappa shape index (κ3) is 2.97. The van der Waals surface area contributed by atoms with Gasteiger partial charge in [-0.3, -0.25) is 4.79 Å². The van der Waals surface area contributed by atoms with Crippen LogP contribution in [0.25, 0.3) is 0 Å². The largest absolute Gasteiger partial charge is 0.493 e. The molecule has 0 N–H and O–H groups in total. The molecule has 1 aromatic carbocycles. The van der Waals surface area contributed by atoms with Crippen LogP contribution >= 0.6 is 15.9 Å². The van der Waals surface area contributed by atoms with Crippen molar-refractivity contribution >= 4 is 27.9 Å². The number of halogens is 1. The van der Waals surface area contributed by atoms with Crippen molar-refractivity contribution in [2.24, 2.45) is 0 Å². The molecular weight excluding hydrogens is 292 g/mol. The normalized spacial score (nSPS) is 9.65. The Morgan fingerprint density at radius 3 is 2.35 bits per heavy atom. The molecule has 0 radical (unpaired) electrons. The molecule has 0 fully saturated rings. The molecule has 0 unspecified atom stereocenters. The van der Waals surface area contributed by atoms with E-state index in [-0.39, 0.29) is 17.1 Å². The van der Waals surface area contributed by atoms with Crippen LogP contribution < -0.4 is 9.47 Å². The SMILES string of the molecule is COC(=O)c1c(Br)ccc(OC)c1OC(C)=O. The fourth-order valence-electron chi connectivity index (χ4n) is 1.24. The topological polar surface area (TPSA) is 61.8 Å². The molecule has 0 aromatic heterocycles. The van der Waals surface area contributed by atoms with Crippen LogP contribution in [-0.4, -0.2) is 26.2 Å². The first-order valence-corrected chi connectivity index (χ1v) is 5.43. The number of hydrogen-bond donors (Lipinski definition) is 0. The number of carbonyl (C=O) groups excluding carboxylic acids is 2. The van der Waals surface area contributed by atoms with E-state index in [9.17, 15) is 9.59 Å². The predicted molar refractivity (Wildman–Crippen MR) is 63.3 cm³/mol. The van der Waals surface area contributed by atoms with Crippen LogP contribution in [0.5, 0.6) is 11.5 Å². The summed E-state index contributed by atoms with van der Waals surface area (Å²) in [6.07, 6.45) is 0. The van der Waals surface area contributed by atoms with Gasteiger partial charge in [0.15, 0.2) is 11.5 Å². The average Bonchev–Trinajstić information content (AvgIpc) is 2.28. The summed E-state index contributed by atoms with van der Waals surface area (Å²) in [6.45, 7) is 1.24. The molecule has 17 heavy (non-hydrogen) atoms. The number of rotatable bonds is 3. The average molecular weight is 303 g/mol. The van der Waals surface area contributed by atoms with Gasteiger partial charge in [0.05, 0.1) is 14.2 Å². The van der Waals surface area contributed by atoms with E-state index in [1.54, 1.807) is 12.1 Å². The molecule has 5 nitrogen and oxygen atoms in total. The Hall–Kier alpha value is -1.56. The van der Waals surface area contributed by atoms with Crippen molar-refractivity contribution in [1.82, 2.24) is 0 Å². The first-order chi connectivity index (χ1) is 8.01. The summed E-state index contributed by atoms with van der Waals surface area (Å²) in [4.78, 5) is 22.6. The highest BCUT2D eigenvalue weighted by Gasteiger charge is 2.22. The lowest BCUT2D eigenvalue weighted by Crippen LogP contribution is -2.11. The minimum atomic E-state index is -0.618. The Bertz CT molecular complexity index is 455. The van der Waals surface area contributed by atoms with Gasteiger partial charge in [-0.25, -0.2) is 4.79 Å². The van der Waals surface area contributed by atoms with E-state index in [0.717, 1.165) is 0 Å². The highest BCUT2D eigenvalue weighted by molar-refractivity contribution is 9.10. The molecule has 6 heteroatoms. The zero-order valence-electron chi connectivity index (χ0n) is 9.57. The summed E-state index contributed by atoms with van der Waals surface area (Å²) < 4.78 is 15.1. The number of esters is 2. The van der Waals surface area contributed by atoms with E-state index in [1.807, 2.05) is 0 Å². The third-order valence-electron chi connectivity index (χ3n) is 1.93. The second-order valence-corrected chi connectivity index (χ2v) is 3.89. The van der Waals surface area contributed by atoms with E-state index in [2.05, 4.69) is 20.7 Å². The van der Waals surface area contributed by atoms with Crippen molar-refractivity contribution in [2.75, 3.05) is 14.2 Å². The second kappa shape index (κ2) is 5.67. The summed E-state index contributed by atoms with van der Waals surface area (Å²) in [5, 5.41) is 0. The number of methoxy groups -OCH3 is 2. The summed E-state index contributed by atoms with van der Waals surface area (Å²) in [5.74, 6) is -0.844. The smallest absolute Gasteiger partial charge is 0.342 e. The maximum atomic E-state index is 11.6. The fourth-order valence-corrected chi connectivity index (χ4v) is 1.71. The zero-order valence-corrected chi connectivity index (χ0v) is 11.2. The molecular formula is C11H11BrO5. The van der Waals surface area contributed by atoms with Crippen molar-refractivity contribution in [3.8, 4) is 11.5 Å². The van der Waals surface area contributed by atoms with Gasteiger partial charge in [0.25, 0.3) is 0 Å². The monoisotopic (exact) mass is 302 g/mol. The zero-order chi connectivity index (χ0) is 13.0. The van der Waals surface area contributed by atoms with E-state index in [0.29, 0.717) is 4.47 Å². The molecule has 92 valence electrons. The van der Waals surface area contributed by atoms with E-state index >= 15 is 0 Å². The van der Waals surface area contributed by atoms with Gasteiger partial charge in [0, 0.05) is 11.4 Å². The van der Waals surface area contributed by atoms with Gasteiger partial charge in [-0.1, -0.05) is 0 Å². The highest BCUT2D eigenvalue weighted by Crippen LogP contribution is 2.36. The Kier molecular flexibility index (Phi) is 4.51. The van der Waals surface area contributed by atoms with E-state index in [1.165, 1.54) is 21.1 Å². The Morgan fingerprint density at radius 2 is 1.88 bits per heavy atom. The molecule has 1 aromatic rings. The van der Waals surface area contributed by atoms with Gasteiger partial charge in [0.1, 0.15) is 5.56 Å². The maximum absolute atomic E-state index is 11.6. The van der Waals surface area contributed by atoms with Crippen LogP contribution in [0.2, 0.25) is 0 Å².